The topological polar surface area (TPSA) is 28.7 Å². The number of aryl methyl sites for hydroxylation is 1. The molecule has 3 rings (SSSR count). The lowest BCUT2D eigenvalue weighted by Crippen LogP contribution is -1.79. The van der Waals surface area contributed by atoms with Gasteiger partial charge >= 0.3 is 0 Å². The number of H-pyrrole nitrogens is 1. The van der Waals surface area contributed by atoms with Crippen LogP contribution in [0.4, 0.5) is 0 Å². The summed E-state index contributed by atoms with van der Waals surface area (Å²) < 4.78 is 1.16. The fourth-order valence-corrected chi connectivity index (χ4v) is 3.72. The predicted octanol–water partition coefficient (Wildman–Crippen LogP) is 4.36. The third-order valence-corrected chi connectivity index (χ3v) is 4.49. The van der Waals surface area contributed by atoms with Crippen LogP contribution in [0, 0.1) is 6.92 Å². The SMILES string of the molecule is Cc1cc(Br)c(-c2ccnc3[nH]ccc23)s1. The van der Waals surface area contributed by atoms with Crippen molar-refractivity contribution >= 4 is 38.3 Å². The molecule has 0 atom stereocenters. The first-order valence-electron chi connectivity index (χ1n) is 4.94. The Morgan fingerprint density at radius 3 is 3.00 bits per heavy atom. The molecule has 0 aliphatic rings. The Hall–Kier alpha value is -1.13. The Balaban J connectivity index is 2.33. The molecule has 0 saturated carbocycles. The smallest absolute Gasteiger partial charge is 0.137 e. The van der Waals surface area contributed by atoms with E-state index in [2.05, 4.69) is 51.0 Å². The van der Waals surface area contributed by atoms with Crippen molar-refractivity contribution in [2.24, 2.45) is 0 Å². The third kappa shape index (κ3) is 1.49. The second-order valence-electron chi connectivity index (χ2n) is 3.63. The number of hydrogen-bond acceptors (Lipinski definition) is 2. The minimum atomic E-state index is 0.940. The Bertz CT molecular complexity index is 654. The second-order valence-corrected chi connectivity index (χ2v) is 5.74. The molecule has 0 aliphatic carbocycles. The molecule has 0 unspecified atom stereocenters. The molecule has 0 aliphatic heterocycles. The van der Waals surface area contributed by atoms with Crippen LogP contribution >= 0.6 is 27.3 Å². The standard InChI is InChI=1S/C12H9BrN2S/c1-7-6-10(13)11(16-7)8-2-4-14-12-9(8)3-5-15-12/h2-6H,1H3,(H,14,15). The number of hydrogen-bond donors (Lipinski definition) is 1. The zero-order valence-electron chi connectivity index (χ0n) is 8.62. The van der Waals surface area contributed by atoms with Gasteiger partial charge < -0.3 is 4.98 Å². The molecule has 0 aromatic carbocycles. The van der Waals surface area contributed by atoms with Crippen LogP contribution in [0.1, 0.15) is 4.88 Å². The van der Waals surface area contributed by atoms with Crippen molar-refractivity contribution in [3.8, 4) is 10.4 Å². The number of nitrogens with zero attached hydrogens (tertiary/aromatic N) is 1. The van der Waals surface area contributed by atoms with Crippen LogP contribution in [0.2, 0.25) is 0 Å². The van der Waals surface area contributed by atoms with Crippen molar-refractivity contribution in [3.05, 3.63) is 39.9 Å². The maximum atomic E-state index is 4.30. The van der Waals surface area contributed by atoms with E-state index in [9.17, 15) is 0 Å². The fourth-order valence-electron chi connectivity index (χ4n) is 1.83. The summed E-state index contributed by atoms with van der Waals surface area (Å²) in [4.78, 5) is 10.0. The van der Waals surface area contributed by atoms with Gasteiger partial charge in [-0.15, -0.1) is 11.3 Å². The van der Waals surface area contributed by atoms with Gasteiger partial charge in [0.25, 0.3) is 0 Å². The van der Waals surface area contributed by atoms with E-state index >= 15 is 0 Å². The molecule has 0 saturated heterocycles. The molecule has 0 amide bonds. The molecule has 1 N–H and O–H groups in total. The largest absolute Gasteiger partial charge is 0.346 e. The van der Waals surface area contributed by atoms with Gasteiger partial charge in [-0.2, -0.15) is 0 Å². The monoisotopic (exact) mass is 292 g/mol. The van der Waals surface area contributed by atoms with Crippen LogP contribution in [-0.2, 0) is 0 Å². The Labute approximate surface area is 105 Å². The van der Waals surface area contributed by atoms with Crippen molar-refractivity contribution in [2.45, 2.75) is 6.92 Å². The van der Waals surface area contributed by atoms with Gasteiger partial charge in [0.05, 0.1) is 0 Å². The summed E-state index contributed by atoms with van der Waals surface area (Å²) in [5, 5.41) is 1.17. The first-order chi connectivity index (χ1) is 7.75. The molecule has 2 nitrogen and oxygen atoms in total. The van der Waals surface area contributed by atoms with E-state index in [1.807, 2.05) is 12.4 Å². The van der Waals surface area contributed by atoms with Gasteiger partial charge in [-0.1, -0.05) is 0 Å². The molecule has 0 radical (unpaired) electrons. The van der Waals surface area contributed by atoms with E-state index < -0.39 is 0 Å². The quantitative estimate of drug-likeness (QED) is 0.709. The van der Waals surface area contributed by atoms with Gasteiger partial charge in [-0.05, 0) is 41.1 Å². The molecule has 3 heterocycles. The molecule has 0 bridgehead atoms. The predicted molar refractivity (Wildman–Crippen MR) is 71.8 cm³/mol. The number of aromatic nitrogens is 2. The molecular weight excluding hydrogens is 284 g/mol. The van der Waals surface area contributed by atoms with Gasteiger partial charge in [0.2, 0.25) is 0 Å². The van der Waals surface area contributed by atoms with Crippen LogP contribution in [0.5, 0.6) is 0 Å². The highest BCUT2D eigenvalue weighted by atomic mass is 79.9. The molecule has 4 heteroatoms. The fraction of sp³-hybridized carbons (Fsp3) is 0.0833. The van der Waals surface area contributed by atoms with Gasteiger partial charge in [-0.3, -0.25) is 0 Å². The highest BCUT2D eigenvalue weighted by Crippen LogP contribution is 2.38. The zero-order chi connectivity index (χ0) is 11.1. The van der Waals surface area contributed by atoms with Crippen LogP contribution in [0.25, 0.3) is 21.5 Å². The summed E-state index contributed by atoms with van der Waals surface area (Å²) in [6.45, 7) is 2.12. The molecule has 0 spiro atoms. The number of thiophene rings is 1. The first kappa shape index (κ1) is 10.1. The number of pyridine rings is 1. The summed E-state index contributed by atoms with van der Waals surface area (Å²) in [5.41, 5.74) is 2.17. The van der Waals surface area contributed by atoms with Gasteiger partial charge in [0, 0.05) is 37.6 Å². The molecular formula is C12H9BrN2S. The molecule has 80 valence electrons. The van der Waals surface area contributed by atoms with Crippen molar-refractivity contribution in [3.63, 3.8) is 0 Å². The van der Waals surface area contributed by atoms with E-state index in [4.69, 9.17) is 0 Å². The second kappa shape index (κ2) is 3.71. The number of fused-ring (bicyclic) bond motifs is 1. The summed E-state index contributed by atoms with van der Waals surface area (Å²) >= 11 is 5.40. The van der Waals surface area contributed by atoms with Gasteiger partial charge in [0.1, 0.15) is 5.65 Å². The minimum Gasteiger partial charge on any atom is -0.346 e. The van der Waals surface area contributed by atoms with Crippen LogP contribution in [0.3, 0.4) is 0 Å². The summed E-state index contributed by atoms with van der Waals surface area (Å²) in [5.74, 6) is 0. The van der Waals surface area contributed by atoms with Crippen LogP contribution in [-0.4, -0.2) is 9.97 Å². The van der Waals surface area contributed by atoms with Crippen LogP contribution in [0.15, 0.2) is 35.1 Å². The molecule has 16 heavy (non-hydrogen) atoms. The normalized spacial score (nSPS) is 11.1. The lowest BCUT2D eigenvalue weighted by molar-refractivity contribution is 1.33. The lowest BCUT2D eigenvalue weighted by Gasteiger charge is -2.00. The maximum Gasteiger partial charge on any atom is 0.137 e. The van der Waals surface area contributed by atoms with Crippen molar-refractivity contribution in [1.29, 1.82) is 0 Å². The Morgan fingerprint density at radius 2 is 2.25 bits per heavy atom. The molecule has 0 fully saturated rings. The van der Waals surface area contributed by atoms with Crippen molar-refractivity contribution < 1.29 is 0 Å². The summed E-state index contributed by atoms with van der Waals surface area (Å²) in [7, 11) is 0. The minimum absolute atomic E-state index is 0.940. The number of aromatic amines is 1. The van der Waals surface area contributed by atoms with Crippen LogP contribution < -0.4 is 0 Å². The number of nitrogens with one attached hydrogen (secondary N) is 1. The summed E-state index contributed by atoms with van der Waals surface area (Å²) in [6.07, 6.45) is 3.77. The highest BCUT2D eigenvalue weighted by Gasteiger charge is 2.11. The van der Waals surface area contributed by atoms with Gasteiger partial charge in [0.15, 0.2) is 0 Å². The average Bonchev–Trinajstić information content (AvgIpc) is 2.84. The Kier molecular flexibility index (Phi) is 2.33. The van der Waals surface area contributed by atoms with E-state index in [1.165, 1.54) is 20.7 Å². The first-order valence-corrected chi connectivity index (χ1v) is 6.55. The van der Waals surface area contributed by atoms with E-state index in [-0.39, 0.29) is 0 Å². The maximum absolute atomic E-state index is 4.30. The average molecular weight is 293 g/mol. The summed E-state index contributed by atoms with van der Waals surface area (Å²) in [6, 6.07) is 6.28. The number of halogens is 1. The molecule has 3 aromatic heterocycles. The lowest BCUT2D eigenvalue weighted by atomic mass is 10.1. The van der Waals surface area contributed by atoms with E-state index in [1.54, 1.807) is 11.3 Å². The zero-order valence-corrected chi connectivity index (χ0v) is 11.0. The van der Waals surface area contributed by atoms with E-state index in [0.717, 1.165) is 10.1 Å². The number of rotatable bonds is 1. The third-order valence-electron chi connectivity index (χ3n) is 2.51. The van der Waals surface area contributed by atoms with Crippen molar-refractivity contribution in [1.82, 2.24) is 9.97 Å². The van der Waals surface area contributed by atoms with E-state index in [0.29, 0.717) is 0 Å². The van der Waals surface area contributed by atoms with Gasteiger partial charge in [-0.25, -0.2) is 4.98 Å². The Morgan fingerprint density at radius 1 is 1.38 bits per heavy atom. The highest BCUT2D eigenvalue weighted by molar-refractivity contribution is 9.10. The van der Waals surface area contributed by atoms with Crippen molar-refractivity contribution in [2.75, 3.05) is 0 Å². The molecule has 3 aromatic rings.